The number of alkyl carbamates (subject to hydrolysis) is 1. The van der Waals surface area contributed by atoms with Crippen LogP contribution in [0.15, 0.2) is 48.5 Å². The fourth-order valence-electron chi connectivity index (χ4n) is 4.64. The average molecular weight is 523 g/mol. The van der Waals surface area contributed by atoms with Gasteiger partial charge in [-0.3, -0.25) is 9.59 Å². The Kier molecular flexibility index (Phi) is 9.36. The SMILES string of the molecule is CC(C)(C)OC(=O)NCc1cccc(C2CCN(C(=O)c3cccc(CC(=O)C(O)C(C)(C)C)c3)CC2)c1. The molecule has 3 rings (SSSR count). The lowest BCUT2D eigenvalue weighted by molar-refractivity contribution is -0.131. The fourth-order valence-corrected chi connectivity index (χ4v) is 4.64. The number of carbonyl (C=O) groups is 3. The third-order valence-electron chi connectivity index (χ3n) is 6.72. The second-order valence-electron chi connectivity index (χ2n) is 12.3. The Morgan fingerprint density at radius 3 is 2.24 bits per heavy atom. The summed E-state index contributed by atoms with van der Waals surface area (Å²) in [5, 5.41) is 13.1. The van der Waals surface area contributed by atoms with Crippen molar-refractivity contribution in [2.75, 3.05) is 13.1 Å². The first kappa shape index (κ1) is 29.4. The molecule has 1 aliphatic heterocycles. The third-order valence-corrected chi connectivity index (χ3v) is 6.72. The molecule has 0 radical (unpaired) electrons. The lowest BCUT2D eigenvalue weighted by atomic mass is 9.85. The molecule has 0 aromatic heterocycles. The van der Waals surface area contributed by atoms with Gasteiger partial charge in [0.15, 0.2) is 5.78 Å². The molecule has 1 unspecified atom stereocenters. The van der Waals surface area contributed by atoms with Crippen molar-refractivity contribution in [3.05, 3.63) is 70.8 Å². The molecule has 0 aliphatic carbocycles. The van der Waals surface area contributed by atoms with E-state index < -0.39 is 23.2 Å². The predicted octanol–water partition coefficient (Wildman–Crippen LogP) is 5.25. The Morgan fingerprint density at radius 2 is 1.61 bits per heavy atom. The first-order valence-electron chi connectivity index (χ1n) is 13.4. The van der Waals surface area contributed by atoms with Gasteiger partial charge >= 0.3 is 6.09 Å². The van der Waals surface area contributed by atoms with Crippen molar-refractivity contribution in [1.82, 2.24) is 10.2 Å². The molecule has 0 saturated carbocycles. The molecule has 2 aromatic rings. The molecule has 0 bridgehead atoms. The molecule has 2 amide bonds. The molecule has 1 atom stereocenters. The molecule has 206 valence electrons. The molecular formula is C31H42N2O5. The number of ketones is 1. The van der Waals surface area contributed by atoms with Gasteiger partial charge in [-0.25, -0.2) is 4.79 Å². The van der Waals surface area contributed by atoms with Crippen LogP contribution in [0.3, 0.4) is 0 Å². The Bertz CT molecular complexity index is 1140. The van der Waals surface area contributed by atoms with Crippen LogP contribution in [-0.2, 0) is 22.5 Å². The van der Waals surface area contributed by atoms with Crippen LogP contribution in [0, 0.1) is 5.41 Å². The molecule has 1 saturated heterocycles. The van der Waals surface area contributed by atoms with Gasteiger partial charge in [-0.15, -0.1) is 0 Å². The number of amides is 2. The van der Waals surface area contributed by atoms with Crippen LogP contribution >= 0.6 is 0 Å². The van der Waals surface area contributed by atoms with E-state index in [1.54, 1.807) is 18.2 Å². The lowest BCUT2D eigenvalue weighted by Gasteiger charge is -2.32. The number of rotatable bonds is 7. The Labute approximate surface area is 226 Å². The summed E-state index contributed by atoms with van der Waals surface area (Å²) in [6.07, 6.45) is 0.316. The summed E-state index contributed by atoms with van der Waals surface area (Å²) >= 11 is 0. The summed E-state index contributed by atoms with van der Waals surface area (Å²) in [6.45, 7) is 12.7. The van der Waals surface area contributed by atoms with Gasteiger partial charge in [0.2, 0.25) is 0 Å². The Balaban J connectivity index is 1.56. The van der Waals surface area contributed by atoms with Gasteiger partial charge in [-0.05, 0) is 73.8 Å². The van der Waals surface area contributed by atoms with Crippen molar-refractivity contribution in [3.63, 3.8) is 0 Å². The number of likely N-dealkylation sites (tertiary alicyclic amines) is 1. The fraction of sp³-hybridized carbons (Fsp3) is 0.516. The van der Waals surface area contributed by atoms with E-state index in [-0.39, 0.29) is 18.1 Å². The molecule has 1 fully saturated rings. The molecule has 0 spiro atoms. The minimum atomic E-state index is -1.05. The number of hydrogen-bond donors (Lipinski definition) is 2. The maximum Gasteiger partial charge on any atom is 0.407 e. The standard InChI is InChI=1S/C31H42N2O5/c1-30(2,3)27(35)26(34)19-21-9-7-12-25(17-21)28(36)33-15-13-23(14-16-33)24-11-8-10-22(18-24)20-32-29(37)38-31(4,5)6/h7-12,17-18,23,27,35H,13-16,19-20H2,1-6H3,(H,32,37). The van der Waals surface area contributed by atoms with Crippen molar-refractivity contribution in [2.24, 2.45) is 5.41 Å². The zero-order valence-corrected chi connectivity index (χ0v) is 23.5. The Morgan fingerprint density at radius 1 is 0.974 bits per heavy atom. The minimum absolute atomic E-state index is 0.0376. The molecular weight excluding hydrogens is 480 g/mol. The molecule has 7 nitrogen and oxygen atoms in total. The Hall–Kier alpha value is -3.19. The van der Waals surface area contributed by atoms with E-state index >= 15 is 0 Å². The van der Waals surface area contributed by atoms with Gasteiger partial charge in [-0.2, -0.15) is 0 Å². The topological polar surface area (TPSA) is 95.9 Å². The van der Waals surface area contributed by atoms with Gasteiger partial charge in [0.1, 0.15) is 11.7 Å². The molecule has 1 heterocycles. The van der Waals surface area contributed by atoms with Crippen LogP contribution in [-0.4, -0.2) is 52.6 Å². The van der Waals surface area contributed by atoms with Crippen molar-refractivity contribution in [2.45, 2.75) is 85.0 Å². The minimum Gasteiger partial charge on any atom is -0.444 e. The summed E-state index contributed by atoms with van der Waals surface area (Å²) < 4.78 is 5.31. The van der Waals surface area contributed by atoms with Crippen LogP contribution in [0.2, 0.25) is 0 Å². The molecule has 1 aliphatic rings. The van der Waals surface area contributed by atoms with E-state index in [1.807, 2.05) is 64.6 Å². The lowest BCUT2D eigenvalue weighted by Crippen LogP contribution is -2.38. The van der Waals surface area contributed by atoms with E-state index in [0.29, 0.717) is 31.1 Å². The molecule has 2 N–H and O–H groups in total. The van der Waals surface area contributed by atoms with Crippen molar-refractivity contribution < 1.29 is 24.2 Å². The summed E-state index contributed by atoms with van der Waals surface area (Å²) in [5.74, 6) is 0.0548. The molecule has 2 aromatic carbocycles. The number of benzene rings is 2. The van der Waals surface area contributed by atoms with Crippen LogP contribution < -0.4 is 5.32 Å². The van der Waals surface area contributed by atoms with Crippen molar-refractivity contribution in [3.8, 4) is 0 Å². The number of nitrogens with zero attached hydrogens (tertiary/aromatic N) is 1. The monoisotopic (exact) mass is 522 g/mol. The largest absolute Gasteiger partial charge is 0.444 e. The van der Waals surface area contributed by atoms with E-state index in [1.165, 1.54) is 5.56 Å². The zero-order chi connectivity index (χ0) is 28.1. The van der Waals surface area contributed by atoms with Crippen molar-refractivity contribution in [1.29, 1.82) is 0 Å². The number of hydrogen-bond acceptors (Lipinski definition) is 5. The zero-order valence-electron chi connectivity index (χ0n) is 23.5. The number of aliphatic hydroxyl groups excluding tert-OH is 1. The van der Waals surface area contributed by atoms with Gasteiger partial charge in [0, 0.05) is 31.6 Å². The number of Topliss-reactive ketones (excluding diaryl/α,β-unsaturated/α-hetero) is 1. The van der Waals surface area contributed by atoms with Crippen LogP contribution in [0.4, 0.5) is 4.79 Å². The smallest absolute Gasteiger partial charge is 0.407 e. The molecule has 7 heteroatoms. The van der Waals surface area contributed by atoms with E-state index in [4.69, 9.17) is 4.74 Å². The quantitative estimate of drug-likeness (QED) is 0.518. The highest BCUT2D eigenvalue weighted by molar-refractivity contribution is 5.95. The first-order chi connectivity index (χ1) is 17.7. The molecule has 38 heavy (non-hydrogen) atoms. The van der Waals surface area contributed by atoms with Crippen molar-refractivity contribution >= 4 is 17.8 Å². The number of aliphatic hydroxyl groups is 1. The van der Waals surface area contributed by atoms with Gasteiger partial charge < -0.3 is 20.1 Å². The number of nitrogens with one attached hydrogen (secondary N) is 1. The normalized spacial score (nSPS) is 15.6. The van der Waals surface area contributed by atoms with Gasteiger partial charge in [0.05, 0.1) is 0 Å². The maximum atomic E-state index is 13.2. The van der Waals surface area contributed by atoms with E-state index in [9.17, 15) is 19.5 Å². The second kappa shape index (κ2) is 12.1. The average Bonchev–Trinajstić information content (AvgIpc) is 2.85. The van der Waals surface area contributed by atoms with E-state index in [0.717, 1.165) is 24.0 Å². The van der Waals surface area contributed by atoms with E-state index in [2.05, 4.69) is 17.4 Å². The number of piperidine rings is 1. The highest BCUT2D eigenvalue weighted by Gasteiger charge is 2.29. The highest BCUT2D eigenvalue weighted by atomic mass is 16.6. The van der Waals surface area contributed by atoms with Crippen LogP contribution in [0.25, 0.3) is 0 Å². The van der Waals surface area contributed by atoms with Gasteiger partial charge in [0.25, 0.3) is 5.91 Å². The number of carbonyl (C=O) groups excluding carboxylic acids is 3. The summed E-state index contributed by atoms with van der Waals surface area (Å²) in [5.41, 5.74) is 2.45. The first-order valence-corrected chi connectivity index (χ1v) is 13.4. The highest BCUT2D eigenvalue weighted by Crippen LogP contribution is 2.29. The third kappa shape index (κ3) is 8.42. The van der Waals surface area contributed by atoms with Gasteiger partial charge in [-0.1, -0.05) is 57.2 Å². The summed E-state index contributed by atoms with van der Waals surface area (Å²) in [6, 6.07) is 15.4. The predicted molar refractivity (Wildman–Crippen MR) is 148 cm³/mol. The van der Waals surface area contributed by atoms with Crippen LogP contribution in [0.1, 0.15) is 87.4 Å². The second-order valence-corrected chi connectivity index (χ2v) is 12.3. The maximum absolute atomic E-state index is 13.2. The summed E-state index contributed by atoms with van der Waals surface area (Å²) in [4.78, 5) is 39.6. The van der Waals surface area contributed by atoms with Crippen LogP contribution in [0.5, 0.6) is 0 Å². The number of ether oxygens (including phenoxy) is 1. The summed E-state index contributed by atoms with van der Waals surface area (Å²) in [7, 11) is 0.